The van der Waals surface area contributed by atoms with Crippen molar-refractivity contribution in [3.05, 3.63) is 6.92 Å². The number of nitrogens with zero attached hydrogens (tertiary/aromatic N) is 1. The predicted octanol–water partition coefficient (Wildman–Crippen LogP) is 1.10. The molecule has 1 radical (unpaired) electrons. The second-order valence-corrected chi connectivity index (χ2v) is 2.70. The zero-order chi connectivity index (χ0) is 7.98. The summed E-state index contributed by atoms with van der Waals surface area (Å²) >= 11 is 0. The summed E-state index contributed by atoms with van der Waals surface area (Å²) in [6.45, 7) is 6.96. The van der Waals surface area contributed by atoms with E-state index < -0.39 is 0 Å². The normalized spacial score (nSPS) is 14.1. The molecule has 0 bridgehead atoms. The molecule has 0 spiro atoms. The summed E-state index contributed by atoms with van der Waals surface area (Å²) in [6.07, 6.45) is 2.62. The molecule has 0 aliphatic heterocycles. The monoisotopic (exact) mass is 143 g/mol. The number of rotatable bonds is 5. The van der Waals surface area contributed by atoms with Gasteiger partial charge in [-0.3, -0.25) is 4.90 Å². The molecule has 61 valence electrons. The van der Waals surface area contributed by atoms with E-state index in [0.717, 1.165) is 19.4 Å². The Morgan fingerprint density at radius 2 is 2.10 bits per heavy atom. The Balaban J connectivity index is 3.40. The Kier molecular flexibility index (Phi) is 5.64. The molecule has 0 amide bonds. The standard InChI is InChI=1S/C8H19N2/c1-5-7-9-8(6-2)10(3)4/h8-9H,1,5-7H2,2-4H3. The quantitative estimate of drug-likeness (QED) is 0.580. The fourth-order valence-electron chi connectivity index (χ4n) is 0.961. The zero-order valence-electron chi connectivity index (χ0n) is 7.35. The predicted molar refractivity (Wildman–Crippen MR) is 45.7 cm³/mol. The summed E-state index contributed by atoms with van der Waals surface area (Å²) in [5, 5.41) is 3.38. The third kappa shape index (κ3) is 3.85. The van der Waals surface area contributed by atoms with Crippen molar-refractivity contribution in [3.8, 4) is 0 Å². The Morgan fingerprint density at radius 1 is 1.50 bits per heavy atom. The molecule has 0 rings (SSSR count). The van der Waals surface area contributed by atoms with E-state index in [1.807, 2.05) is 0 Å². The Hall–Kier alpha value is -0.0800. The maximum Gasteiger partial charge on any atom is 0.0589 e. The summed E-state index contributed by atoms with van der Waals surface area (Å²) in [6, 6.07) is 0. The second kappa shape index (κ2) is 5.69. The van der Waals surface area contributed by atoms with Gasteiger partial charge in [0.25, 0.3) is 0 Å². The highest BCUT2D eigenvalue weighted by atomic mass is 15.2. The lowest BCUT2D eigenvalue weighted by Crippen LogP contribution is -2.41. The van der Waals surface area contributed by atoms with Crippen molar-refractivity contribution in [1.29, 1.82) is 0 Å². The molecule has 0 heterocycles. The van der Waals surface area contributed by atoms with E-state index in [1.165, 1.54) is 0 Å². The van der Waals surface area contributed by atoms with Crippen LogP contribution in [0.2, 0.25) is 0 Å². The highest BCUT2D eigenvalue weighted by molar-refractivity contribution is 4.61. The SMILES string of the molecule is [CH2]CCNC(CC)N(C)C. The van der Waals surface area contributed by atoms with Gasteiger partial charge in [0.1, 0.15) is 0 Å². The lowest BCUT2D eigenvalue weighted by molar-refractivity contribution is 0.241. The molecule has 2 nitrogen and oxygen atoms in total. The topological polar surface area (TPSA) is 15.3 Å². The Labute approximate surface area is 64.6 Å². The first-order valence-electron chi connectivity index (χ1n) is 3.91. The summed E-state index contributed by atoms with van der Waals surface area (Å²) in [7, 11) is 4.18. The van der Waals surface area contributed by atoms with Gasteiger partial charge in [-0.1, -0.05) is 13.8 Å². The molecular formula is C8H19N2. The molecular weight excluding hydrogens is 124 g/mol. The third-order valence-electron chi connectivity index (χ3n) is 1.57. The van der Waals surface area contributed by atoms with Crippen molar-refractivity contribution in [2.24, 2.45) is 0 Å². The van der Waals surface area contributed by atoms with Gasteiger partial charge in [-0.05, 0) is 33.5 Å². The summed E-state index contributed by atoms with van der Waals surface area (Å²) in [4.78, 5) is 2.19. The lowest BCUT2D eigenvalue weighted by Gasteiger charge is -2.23. The third-order valence-corrected chi connectivity index (χ3v) is 1.57. The first-order valence-corrected chi connectivity index (χ1v) is 3.91. The van der Waals surface area contributed by atoms with Gasteiger partial charge in [0.05, 0.1) is 6.17 Å². The molecule has 1 N–H and O–H groups in total. The van der Waals surface area contributed by atoms with Crippen LogP contribution in [-0.4, -0.2) is 31.7 Å². The van der Waals surface area contributed by atoms with Crippen LogP contribution in [0.5, 0.6) is 0 Å². The van der Waals surface area contributed by atoms with Crippen LogP contribution >= 0.6 is 0 Å². The van der Waals surface area contributed by atoms with Crippen LogP contribution in [-0.2, 0) is 0 Å². The van der Waals surface area contributed by atoms with E-state index >= 15 is 0 Å². The van der Waals surface area contributed by atoms with Crippen LogP contribution in [0.15, 0.2) is 0 Å². The van der Waals surface area contributed by atoms with Crippen molar-refractivity contribution >= 4 is 0 Å². The van der Waals surface area contributed by atoms with E-state index in [0.29, 0.717) is 6.17 Å². The number of nitrogens with one attached hydrogen (secondary N) is 1. The molecule has 1 atom stereocenters. The maximum absolute atomic E-state index is 3.77. The minimum atomic E-state index is 0.516. The van der Waals surface area contributed by atoms with Crippen LogP contribution in [0.1, 0.15) is 19.8 Å². The highest BCUT2D eigenvalue weighted by Gasteiger charge is 2.04. The van der Waals surface area contributed by atoms with Crippen LogP contribution in [0, 0.1) is 6.92 Å². The average molecular weight is 143 g/mol. The number of hydrogen-bond acceptors (Lipinski definition) is 2. The van der Waals surface area contributed by atoms with E-state index in [9.17, 15) is 0 Å². The van der Waals surface area contributed by atoms with Crippen molar-refractivity contribution < 1.29 is 0 Å². The first kappa shape index (κ1) is 9.92. The van der Waals surface area contributed by atoms with Gasteiger partial charge in [-0.2, -0.15) is 0 Å². The van der Waals surface area contributed by atoms with Gasteiger partial charge in [-0.15, -0.1) is 0 Å². The van der Waals surface area contributed by atoms with Gasteiger partial charge in [0.2, 0.25) is 0 Å². The summed E-state index contributed by atoms with van der Waals surface area (Å²) in [5.41, 5.74) is 0. The molecule has 0 aliphatic rings. The smallest absolute Gasteiger partial charge is 0.0589 e. The van der Waals surface area contributed by atoms with Gasteiger partial charge >= 0.3 is 0 Å². The molecule has 0 fully saturated rings. The molecule has 10 heavy (non-hydrogen) atoms. The van der Waals surface area contributed by atoms with Crippen LogP contribution < -0.4 is 5.32 Å². The molecule has 0 saturated heterocycles. The van der Waals surface area contributed by atoms with Gasteiger partial charge < -0.3 is 5.32 Å². The molecule has 0 saturated carbocycles. The minimum Gasteiger partial charge on any atom is -0.302 e. The molecule has 0 aromatic heterocycles. The summed E-state index contributed by atoms with van der Waals surface area (Å²) < 4.78 is 0. The van der Waals surface area contributed by atoms with E-state index in [1.54, 1.807) is 0 Å². The summed E-state index contributed by atoms with van der Waals surface area (Å²) in [5.74, 6) is 0. The largest absolute Gasteiger partial charge is 0.302 e. The van der Waals surface area contributed by atoms with Crippen LogP contribution in [0.3, 0.4) is 0 Å². The molecule has 1 unspecified atom stereocenters. The van der Waals surface area contributed by atoms with Crippen molar-refractivity contribution in [1.82, 2.24) is 10.2 Å². The maximum atomic E-state index is 3.77. The van der Waals surface area contributed by atoms with Crippen molar-refractivity contribution in [3.63, 3.8) is 0 Å². The Morgan fingerprint density at radius 3 is 2.40 bits per heavy atom. The zero-order valence-corrected chi connectivity index (χ0v) is 7.35. The van der Waals surface area contributed by atoms with Crippen molar-refractivity contribution in [2.45, 2.75) is 25.9 Å². The lowest BCUT2D eigenvalue weighted by atomic mass is 10.3. The van der Waals surface area contributed by atoms with Gasteiger partial charge in [0, 0.05) is 0 Å². The first-order chi connectivity index (χ1) is 4.72. The molecule has 0 aromatic rings. The molecule has 0 aliphatic carbocycles. The van der Waals surface area contributed by atoms with Crippen LogP contribution in [0.25, 0.3) is 0 Å². The minimum absolute atomic E-state index is 0.516. The van der Waals surface area contributed by atoms with Crippen LogP contribution in [0.4, 0.5) is 0 Å². The van der Waals surface area contributed by atoms with E-state index in [-0.39, 0.29) is 0 Å². The van der Waals surface area contributed by atoms with Gasteiger partial charge in [-0.25, -0.2) is 0 Å². The van der Waals surface area contributed by atoms with Crippen molar-refractivity contribution in [2.75, 3.05) is 20.6 Å². The van der Waals surface area contributed by atoms with E-state index in [2.05, 4.69) is 38.2 Å². The molecule has 2 heteroatoms. The van der Waals surface area contributed by atoms with Gasteiger partial charge in [0.15, 0.2) is 0 Å². The highest BCUT2D eigenvalue weighted by Crippen LogP contribution is 1.93. The second-order valence-electron chi connectivity index (χ2n) is 2.70. The fourth-order valence-corrected chi connectivity index (χ4v) is 0.961. The average Bonchev–Trinajstić information content (AvgIpc) is 1.89. The number of hydrogen-bond donors (Lipinski definition) is 1. The fraction of sp³-hybridized carbons (Fsp3) is 0.875. The Bertz CT molecular complexity index is 71.7. The van der Waals surface area contributed by atoms with E-state index in [4.69, 9.17) is 0 Å². The molecule has 0 aromatic carbocycles.